The lowest BCUT2D eigenvalue weighted by atomic mass is 9.88. The summed E-state index contributed by atoms with van der Waals surface area (Å²) >= 11 is 0. The van der Waals surface area contributed by atoms with Gasteiger partial charge in [0.1, 0.15) is 0 Å². The molecule has 1 N–H and O–H groups in total. The summed E-state index contributed by atoms with van der Waals surface area (Å²) < 4.78 is 0. The molecule has 1 heterocycles. The smallest absolute Gasteiger partial charge is 0.223 e. The molecular formula is C22H32N2O2. The molecule has 4 heteroatoms. The summed E-state index contributed by atoms with van der Waals surface area (Å²) in [5.41, 5.74) is 1.20. The predicted octanol–water partition coefficient (Wildman–Crippen LogP) is 3.76. The highest BCUT2D eigenvalue weighted by Gasteiger charge is 2.50. The van der Waals surface area contributed by atoms with E-state index in [2.05, 4.69) is 36.2 Å². The Balaban J connectivity index is 1.56. The van der Waals surface area contributed by atoms with Crippen molar-refractivity contribution < 1.29 is 9.59 Å². The monoisotopic (exact) mass is 356 g/mol. The second-order valence-corrected chi connectivity index (χ2v) is 8.08. The van der Waals surface area contributed by atoms with Gasteiger partial charge in [-0.05, 0) is 36.2 Å². The van der Waals surface area contributed by atoms with Crippen LogP contribution in [0.1, 0.15) is 57.9 Å². The van der Waals surface area contributed by atoms with Crippen molar-refractivity contribution in [2.24, 2.45) is 17.8 Å². The van der Waals surface area contributed by atoms with E-state index in [0.29, 0.717) is 43.2 Å². The number of hydrogen-bond donors (Lipinski definition) is 1. The number of rotatable bonds is 8. The molecule has 0 aromatic heterocycles. The summed E-state index contributed by atoms with van der Waals surface area (Å²) in [6.45, 7) is 5.86. The highest BCUT2D eigenvalue weighted by atomic mass is 16.2. The maximum atomic E-state index is 12.6. The van der Waals surface area contributed by atoms with Gasteiger partial charge >= 0.3 is 0 Å². The Morgan fingerprint density at radius 2 is 2.00 bits per heavy atom. The minimum Gasteiger partial charge on any atom is -0.356 e. The Morgan fingerprint density at radius 1 is 1.23 bits per heavy atom. The van der Waals surface area contributed by atoms with Crippen molar-refractivity contribution in [3.8, 4) is 0 Å². The van der Waals surface area contributed by atoms with E-state index in [1.807, 2.05) is 18.2 Å². The van der Waals surface area contributed by atoms with Crippen LogP contribution in [0.25, 0.3) is 0 Å². The largest absolute Gasteiger partial charge is 0.356 e. The summed E-state index contributed by atoms with van der Waals surface area (Å²) in [4.78, 5) is 26.7. The molecule has 1 aromatic carbocycles. The molecule has 0 bridgehead atoms. The van der Waals surface area contributed by atoms with Gasteiger partial charge in [-0.2, -0.15) is 0 Å². The van der Waals surface area contributed by atoms with Gasteiger partial charge in [-0.3, -0.25) is 9.59 Å². The molecule has 0 unspecified atom stereocenters. The van der Waals surface area contributed by atoms with Crippen LogP contribution in [0, 0.1) is 17.8 Å². The van der Waals surface area contributed by atoms with Crippen LogP contribution in [0.15, 0.2) is 30.3 Å². The van der Waals surface area contributed by atoms with Gasteiger partial charge in [-0.15, -0.1) is 0 Å². The summed E-state index contributed by atoms with van der Waals surface area (Å²) in [7, 11) is 0. The first kappa shape index (κ1) is 18.9. The Bertz CT molecular complexity index is 616. The molecule has 1 aromatic rings. The molecule has 4 atom stereocenters. The number of amides is 2. The van der Waals surface area contributed by atoms with E-state index in [1.54, 1.807) is 0 Å². The number of likely N-dealkylation sites (tertiary alicyclic amines) is 1. The van der Waals surface area contributed by atoms with Crippen LogP contribution in [0.5, 0.6) is 0 Å². The van der Waals surface area contributed by atoms with E-state index in [9.17, 15) is 9.59 Å². The van der Waals surface area contributed by atoms with Crippen LogP contribution in [0.4, 0.5) is 0 Å². The van der Waals surface area contributed by atoms with Gasteiger partial charge in [0.2, 0.25) is 11.8 Å². The van der Waals surface area contributed by atoms with E-state index < -0.39 is 0 Å². The second-order valence-electron chi connectivity index (χ2n) is 8.08. The van der Waals surface area contributed by atoms with Crippen LogP contribution >= 0.6 is 0 Å². The van der Waals surface area contributed by atoms with E-state index in [-0.39, 0.29) is 11.8 Å². The molecule has 1 saturated carbocycles. The molecule has 142 valence electrons. The fraction of sp³-hybridized carbons (Fsp3) is 0.636. The molecule has 1 aliphatic carbocycles. The Labute approximate surface area is 157 Å². The molecule has 0 radical (unpaired) electrons. The number of unbranched alkanes of at least 4 members (excludes halogenated alkanes) is 2. The zero-order chi connectivity index (χ0) is 18.5. The number of benzene rings is 1. The lowest BCUT2D eigenvalue weighted by molar-refractivity contribution is -0.129. The Morgan fingerprint density at radius 3 is 2.73 bits per heavy atom. The van der Waals surface area contributed by atoms with Crippen LogP contribution in [0.2, 0.25) is 0 Å². The molecule has 26 heavy (non-hydrogen) atoms. The first-order valence-electron chi connectivity index (χ1n) is 10.2. The first-order chi connectivity index (χ1) is 12.6. The van der Waals surface area contributed by atoms with Crippen molar-refractivity contribution in [2.45, 2.75) is 65.0 Å². The number of carbonyl (C=O) groups is 2. The zero-order valence-electron chi connectivity index (χ0n) is 16.1. The normalized spacial score (nSPS) is 27.6. The molecule has 2 fully saturated rings. The van der Waals surface area contributed by atoms with Crippen molar-refractivity contribution in [1.29, 1.82) is 0 Å². The average Bonchev–Trinajstić information content (AvgIpc) is 3.09. The fourth-order valence-electron chi connectivity index (χ4n) is 4.78. The maximum Gasteiger partial charge on any atom is 0.223 e. The second kappa shape index (κ2) is 8.70. The van der Waals surface area contributed by atoms with Crippen molar-refractivity contribution >= 4 is 11.8 Å². The van der Waals surface area contributed by atoms with Crippen LogP contribution in [0.3, 0.4) is 0 Å². The van der Waals surface area contributed by atoms with Gasteiger partial charge < -0.3 is 10.2 Å². The van der Waals surface area contributed by atoms with Gasteiger partial charge in [0.15, 0.2) is 0 Å². The molecule has 4 nitrogen and oxygen atoms in total. The molecule has 2 aliphatic rings. The third-order valence-corrected chi connectivity index (χ3v) is 6.26. The number of hydrogen-bond acceptors (Lipinski definition) is 2. The van der Waals surface area contributed by atoms with E-state index in [4.69, 9.17) is 0 Å². The lowest BCUT2D eigenvalue weighted by Crippen LogP contribution is -2.34. The zero-order valence-corrected chi connectivity index (χ0v) is 16.1. The van der Waals surface area contributed by atoms with Gasteiger partial charge in [0.25, 0.3) is 0 Å². The van der Waals surface area contributed by atoms with E-state index in [0.717, 1.165) is 32.2 Å². The van der Waals surface area contributed by atoms with Gasteiger partial charge in [0, 0.05) is 32.0 Å². The number of fused-ring (bicyclic) bond motifs is 1. The highest BCUT2D eigenvalue weighted by Crippen LogP contribution is 2.46. The average molecular weight is 357 g/mol. The minimum atomic E-state index is 0.166. The van der Waals surface area contributed by atoms with Gasteiger partial charge in [0.05, 0.1) is 0 Å². The summed E-state index contributed by atoms with van der Waals surface area (Å²) in [5.74, 6) is 1.79. The first-order valence-corrected chi connectivity index (χ1v) is 10.2. The maximum absolute atomic E-state index is 12.6. The van der Waals surface area contributed by atoms with Crippen LogP contribution < -0.4 is 5.32 Å². The highest BCUT2D eigenvalue weighted by molar-refractivity contribution is 5.80. The Hall–Kier alpha value is -1.84. The van der Waals surface area contributed by atoms with Gasteiger partial charge in [-0.25, -0.2) is 0 Å². The summed E-state index contributed by atoms with van der Waals surface area (Å²) in [6, 6.07) is 10.6. The quantitative estimate of drug-likeness (QED) is 0.721. The molecule has 3 rings (SSSR count). The molecule has 0 spiro atoms. The number of nitrogens with one attached hydrogen (secondary N) is 1. The minimum absolute atomic E-state index is 0.166. The number of carbonyl (C=O) groups excluding carboxylic acids is 2. The van der Waals surface area contributed by atoms with E-state index >= 15 is 0 Å². The molecule has 1 aliphatic heterocycles. The third kappa shape index (κ3) is 4.28. The Kier molecular flexibility index (Phi) is 6.33. The van der Waals surface area contributed by atoms with Gasteiger partial charge in [-0.1, -0.05) is 57.0 Å². The lowest BCUT2D eigenvalue weighted by Gasteiger charge is -2.24. The van der Waals surface area contributed by atoms with Crippen molar-refractivity contribution in [3.05, 3.63) is 35.9 Å². The van der Waals surface area contributed by atoms with Crippen molar-refractivity contribution in [1.82, 2.24) is 10.2 Å². The standard InChI is InChI=1S/C22H32N2O2/c1-3-4-6-11-21(25)23-14-19-16(2)12-20-18(19)13-22(26)24(20)15-17-9-7-5-8-10-17/h5,7-10,16,18-20H,3-4,6,11-15H2,1-2H3,(H,23,25)/t16-,18-,19+,20+/m0/s1. The fourth-order valence-corrected chi connectivity index (χ4v) is 4.78. The van der Waals surface area contributed by atoms with E-state index in [1.165, 1.54) is 5.56 Å². The molecule has 1 saturated heterocycles. The molecular weight excluding hydrogens is 324 g/mol. The van der Waals surface area contributed by atoms with Crippen LogP contribution in [-0.4, -0.2) is 29.3 Å². The SMILES string of the molecule is CCCCCC(=O)NC[C@H]1[C@@H]2CC(=O)N(Cc3ccccc3)[C@@H]2C[C@@H]1C. The predicted molar refractivity (Wildman–Crippen MR) is 103 cm³/mol. The summed E-state index contributed by atoms with van der Waals surface area (Å²) in [5, 5.41) is 3.14. The summed E-state index contributed by atoms with van der Waals surface area (Å²) in [6.07, 6.45) is 5.54. The number of nitrogens with zero attached hydrogens (tertiary/aromatic N) is 1. The third-order valence-electron chi connectivity index (χ3n) is 6.26. The van der Waals surface area contributed by atoms with Crippen molar-refractivity contribution in [3.63, 3.8) is 0 Å². The topological polar surface area (TPSA) is 49.4 Å². The van der Waals surface area contributed by atoms with Crippen LogP contribution in [-0.2, 0) is 16.1 Å². The molecule has 2 amide bonds. The van der Waals surface area contributed by atoms with Crippen molar-refractivity contribution in [2.75, 3.05) is 6.54 Å².